The van der Waals surface area contributed by atoms with E-state index in [1.807, 2.05) is 31.4 Å². The number of unbranched alkanes of at least 4 members (excludes halogenated alkanes) is 1. The highest BCUT2D eigenvalue weighted by Gasteiger charge is 2.32. The summed E-state index contributed by atoms with van der Waals surface area (Å²) in [7, 11) is 0. The maximum absolute atomic E-state index is 13.3. The van der Waals surface area contributed by atoms with Crippen molar-refractivity contribution in [3.63, 3.8) is 0 Å². The van der Waals surface area contributed by atoms with E-state index in [1.54, 1.807) is 11.3 Å². The van der Waals surface area contributed by atoms with Crippen molar-refractivity contribution in [3.8, 4) is 0 Å². The number of carbonyl (C=O) groups excluding carboxylic acids is 1. The second-order valence-electron chi connectivity index (χ2n) is 7.82. The van der Waals surface area contributed by atoms with Crippen LogP contribution in [0, 0.1) is 0 Å². The van der Waals surface area contributed by atoms with Gasteiger partial charge >= 0.3 is 5.69 Å². The van der Waals surface area contributed by atoms with Crippen molar-refractivity contribution in [2.24, 2.45) is 0 Å². The van der Waals surface area contributed by atoms with Gasteiger partial charge in [-0.25, -0.2) is 4.79 Å². The molecule has 2 aromatic rings. The molecule has 1 aliphatic rings. The van der Waals surface area contributed by atoms with Crippen LogP contribution in [-0.4, -0.2) is 28.0 Å². The summed E-state index contributed by atoms with van der Waals surface area (Å²) < 4.78 is 1.37. The fourth-order valence-corrected chi connectivity index (χ4v) is 4.74. The molecule has 1 amide bonds. The highest BCUT2D eigenvalue weighted by molar-refractivity contribution is 7.10. The minimum Gasteiger partial charge on any atom is -0.383 e. The molecule has 164 valence electrons. The zero-order valence-electron chi connectivity index (χ0n) is 17.6. The van der Waals surface area contributed by atoms with Gasteiger partial charge in [-0.05, 0) is 37.6 Å². The number of thiophene rings is 1. The number of aromatic nitrogens is 2. The maximum atomic E-state index is 13.3. The quantitative estimate of drug-likeness (QED) is 0.563. The average Bonchev–Trinajstić information content (AvgIpc) is 3.43. The van der Waals surface area contributed by atoms with Crippen LogP contribution in [0.2, 0.25) is 0 Å². The van der Waals surface area contributed by atoms with Gasteiger partial charge in [0.1, 0.15) is 5.82 Å². The first-order chi connectivity index (χ1) is 14.4. The van der Waals surface area contributed by atoms with Gasteiger partial charge in [0.05, 0.1) is 6.54 Å². The van der Waals surface area contributed by atoms with Crippen LogP contribution >= 0.6 is 11.3 Å². The lowest BCUT2D eigenvalue weighted by Gasteiger charge is -2.30. The molecular formula is C21H31N5O3S. The zero-order chi connectivity index (χ0) is 21.7. The number of nitrogens with zero attached hydrogens (tertiary/aromatic N) is 2. The molecule has 1 aliphatic carbocycles. The zero-order valence-corrected chi connectivity index (χ0v) is 18.5. The van der Waals surface area contributed by atoms with Crippen molar-refractivity contribution in [2.75, 3.05) is 17.2 Å². The first-order valence-electron chi connectivity index (χ1n) is 10.7. The Morgan fingerprint density at radius 2 is 2.13 bits per heavy atom. The van der Waals surface area contributed by atoms with Crippen LogP contribution in [0.5, 0.6) is 0 Å². The van der Waals surface area contributed by atoms with Crippen molar-refractivity contribution in [1.29, 1.82) is 0 Å². The Kier molecular flexibility index (Phi) is 7.49. The molecule has 1 fully saturated rings. The predicted molar refractivity (Wildman–Crippen MR) is 121 cm³/mol. The lowest BCUT2D eigenvalue weighted by atomic mass is 10.1. The molecule has 0 radical (unpaired) electrons. The summed E-state index contributed by atoms with van der Waals surface area (Å²) in [6.07, 6.45) is 5.28. The second kappa shape index (κ2) is 10.1. The molecule has 1 unspecified atom stereocenters. The van der Waals surface area contributed by atoms with Crippen LogP contribution in [0.4, 0.5) is 11.5 Å². The highest BCUT2D eigenvalue weighted by Crippen LogP contribution is 2.29. The van der Waals surface area contributed by atoms with Crippen LogP contribution in [-0.2, 0) is 11.3 Å². The predicted octanol–water partition coefficient (Wildman–Crippen LogP) is 2.61. The van der Waals surface area contributed by atoms with Gasteiger partial charge in [0.2, 0.25) is 5.91 Å². The van der Waals surface area contributed by atoms with E-state index in [2.05, 4.69) is 10.3 Å². The molecule has 0 aromatic carbocycles. The monoisotopic (exact) mass is 433 g/mol. The van der Waals surface area contributed by atoms with Crippen LogP contribution in [0.1, 0.15) is 63.3 Å². The molecule has 2 heterocycles. The molecule has 1 saturated carbocycles. The molecule has 0 aliphatic heterocycles. The van der Waals surface area contributed by atoms with E-state index in [-0.39, 0.29) is 36.0 Å². The van der Waals surface area contributed by atoms with Gasteiger partial charge in [-0.15, -0.1) is 11.3 Å². The van der Waals surface area contributed by atoms with Gasteiger partial charge in [0.25, 0.3) is 5.56 Å². The first-order valence-corrected chi connectivity index (χ1v) is 11.5. The number of H-pyrrole nitrogens is 1. The summed E-state index contributed by atoms with van der Waals surface area (Å²) in [6, 6.07) is 3.93. The molecule has 0 saturated heterocycles. The third-order valence-electron chi connectivity index (χ3n) is 5.68. The highest BCUT2D eigenvalue weighted by atomic mass is 32.1. The van der Waals surface area contributed by atoms with Crippen LogP contribution < -0.4 is 27.2 Å². The largest absolute Gasteiger partial charge is 0.383 e. The van der Waals surface area contributed by atoms with Crippen molar-refractivity contribution in [1.82, 2.24) is 14.9 Å². The van der Waals surface area contributed by atoms with Gasteiger partial charge in [0, 0.05) is 23.5 Å². The number of hydrogen-bond donors (Lipinski definition) is 3. The average molecular weight is 434 g/mol. The molecule has 2 aromatic heterocycles. The molecular weight excluding hydrogens is 402 g/mol. The lowest BCUT2D eigenvalue weighted by molar-refractivity contribution is -0.118. The fourth-order valence-electron chi connectivity index (χ4n) is 3.99. The minimum absolute atomic E-state index is 0.0218. The smallest absolute Gasteiger partial charge is 0.330 e. The summed E-state index contributed by atoms with van der Waals surface area (Å²) in [4.78, 5) is 43.4. The summed E-state index contributed by atoms with van der Waals surface area (Å²) in [5, 5.41) is 5.26. The van der Waals surface area contributed by atoms with E-state index < -0.39 is 11.2 Å². The summed E-state index contributed by atoms with van der Waals surface area (Å²) in [6.45, 7) is 4.52. The Balaban J connectivity index is 1.91. The fraction of sp³-hybridized carbons (Fsp3) is 0.571. The van der Waals surface area contributed by atoms with E-state index >= 15 is 0 Å². The Bertz CT molecular complexity index is 960. The Labute approximate surface area is 180 Å². The number of nitrogens with one attached hydrogen (secondary N) is 2. The second-order valence-corrected chi connectivity index (χ2v) is 8.80. The third kappa shape index (κ3) is 4.84. The molecule has 9 heteroatoms. The lowest BCUT2D eigenvalue weighted by Crippen LogP contribution is -2.48. The number of nitrogens with two attached hydrogens (primary N) is 1. The van der Waals surface area contributed by atoms with Crippen molar-refractivity contribution < 1.29 is 4.79 Å². The molecule has 8 nitrogen and oxygen atoms in total. The summed E-state index contributed by atoms with van der Waals surface area (Å²) in [5.74, 6) is -0.132. The number of hydrogen-bond acceptors (Lipinski definition) is 6. The normalized spacial score (nSPS) is 15.4. The van der Waals surface area contributed by atoms with Crippen molar-refractivity contribution in [2.45, 2.75) is 71.0 Å². The number of carbonyl (C=O) groups is 1. The molecule has 1 atom stereocenters. The van der Waals surface area contributed by atoms with E-state index in [0.29, 0.717) is 6.54 Å². The van der Waals surface area contributed by atoms with Gasteiger partial charge in [0.15, 0.2) is 5.69 Å². The first kappa shape index (κ1) is 22.3. The molecule has 4 N–H and O–H groups in total. The van der Waals surface area contributed by atoms with Crippen LogP contribution in [0.15, 0.2) is 27.1 Å². The molecule has 30 heavy (non-hydrogen) atoms. The topological polar surface area (TPSA) is 113 Å². The van der Waals surface area contributed by atoms with Gasteiger partial charge < -0.3 is 16.0 Å². The number of amides is 1. The van der Waals surface area contributed by atoms with E-state index in [0.717, 1.165) is 43.4 Å². The maximum Gasteiger partial charge on any atom is 0.330 e. The third-order valence-corrected chi connectivity index (χ3v) is 6.73. The molecule has 3 rings (SSSR count). The van der Waals surface area contributed by atoms with Crippen LogP contribution in [0.25, 0.3) is 0 Å². The number of anilines is 2. The van der Waals surface area contributed by atoms with E-state index in [9.17, 15) is 14.4 Å². The summed E-state index contributed by atoms with van der Waals surface area (Å²) >= 11 is 1.63. The van der Waals surface area contributed by atoms with Gasteiger partial charge in [-0.3, -0.25) is 19.1 Å². The Morgan fingerprint density at radius 1 is 1.40 bits per heavy atom. The van der Waals surface area contributed by atoms with Crippen molar-refractivity contribution in [3.05, 3.63) is 43.2 Å². The minimum atomic E-state index is -0.600. The SMILES string of the molecule is CCCCn1c(N)c(N(C(=O)CNC(C)c2cccs2)C2CCCC2)c(=O)[nH]c1=O. The number of aromatic amines is 1. The standard InChI is InChI=1S/C21H31N5O3S/c1-3-4-11-25-19(22)18(20(28)24-21(25)29)26(15-8-5-6-9-15)17(27)13-23-14(2)16-10-7-12-30-16/h7,10,12,14-15,23H,3-6,8-9,11,13,22H2,1-2H3,(H,24,28,29). The van der Waals surface area contributed by atoms with E-state index in [4.69, 9.17) is 5.73 Å². The molecule has 0 spiro atoms. The number of rotatable bonds is 9. The van der Waals surface area contributed by atoms with Gasteiger partial charge in [-0.2, -0.15) is 0 Å². The molecule has 0 bridgehead atoms. The van der Waals surface area contributed by atoms with Gasteiger partial charge in [-0.1, -0.05) is 32.3 Å². The van der Waals surface area contributed by atoms with E-state index in [1.165, 1.54) is 9.47 Å². The Hall–Kier alpha value is -2.39. The Morgan fingerprint density at radius 3 is 2.77 bits per heavy atom. The van der Waals surface area contributed by atoms with Crippen LogP contribution in [0.3, 0.4) is 0 Å². The number of nitrogen functional groups attached to an aromatic ring is 1. The summed E-state index contributed by atoms with van der Waals surface area (Å²) in [5.41, 5.74) is 5.27. The van der Waals surface area contributed by atoms with Crippen molar-refractivity contribution >= 4 is 28.7 Å².